The van der Waals surface area contributed by atoms with Crippen molar-refractivity contribution in [3.63, 3.8) is 0 Å². The number of amides is 10. The van der Waals surface area contributed by atoms with Crippen molar-refractivity contribution in [3.8, 4) is 0 Å². The van der Waals surface area contributed by atoms with Crippen LogP contribution >= 0.6 is 0 Å². The fourth-order valence-corrected chi connectivity index (χ4v) is 12.2. The molecule has 10 amide bonds. The molecule has 0 spiro atoms. The summed E-state index contributed by atoms with van der Waals surface area (Å²) >= 11 is 0. The number of aliphatic hydroxyl groups excluding tert-OH is 2. The van der Waals surface area contributed by atoms with Crippen molar-refractivity contribution in [2.45, 2.75) is 248 Å². The number of aliphatic hydroxyl groups is 2. The van der Waals surface area contributed by atoms with Gasteiger partial charge in [-0.1, -0.05) is 104 Å². The minimum Gasteiger partial charge on any atom is -0.450 e. The van der Waals surface area contributed by atoms with Crippen molar-refractivity contribution in [1.82, 2.24) is 55.6 Å². The van der Waals surface area contributed by atoms with E-state index in [0.717, 1.165) is 27.5 Å². The van der Waals surface area contributed by atoms with Gasteiger partial charge in [-0.25, -0.2) is 4.79 Å². The number of hydrogen-bond acceptors (Lipinski definition) is 16. The predicted octanol–water partition coefficient (Wildman–Crippen LogP) is 2.89. The van der Waals surface area contributed by atoms with Crippen molar-refractivity contribution in [2.24, 2.45) is 47.3 Å². The molecule has 0 saturated carbocycles. The topological polar surface area (TPSA) is 317 Å². The molecule has 2 aliphatic heterocycles. The van der Waals surface area contributed by atoms with E-state index in [1.807, 2.05) is 76.3 Å². The summed E-state index contributed by atoms with van der Waals surface area (Å²) < 4.78 is 11.5. The lowest BCUT2D eigenvalue weighted by Crippen LogP contribution is -2.64. The second-order valence-electron chi connectivity index (χ2n) is 29.6. The predicted molar refractivity (Wildman–Crippen MR) is 359 cm³/mol. The van der Waals surface area contributed by atoms with Gasteiger partial charge in [0.25, 0.3) is 5.91 Å². The highest BCUT2D eigenvalue weighted by molar-refractivity contribution is 5.99. The van der Waals surface area contributed by atoms with Crippen LogP contribution in [0.15, 0.2) is 0 Å². The molecule has 26 heteroatoms. The summed E-state index contributed by atoms with van der Waals surface area (Å²) in [5.41, 5.74) is 0. The number of esters is 1. The maximum atomic E-state index is 15.4. The third kappa shape index (κ3) is 24.6. The summed E-state index contributed by atoms with van der Waals surface area (Å²) in [5, 5.41) is 34.9. The molecule has 2 rings (SSSR count). The van der Waals surface area contributed by atoms with Crippen molar-refractivity contribution in [2.75, 3.05) is 75.6 Å². The maximum absolute atomic E-state index is 15.4. The first kappa shape index (κ1) is 84.1. The monoisotopic (exact) mass is 1330 g/mol. The zero-order chi connectivity index (χ0) is 72.2. The molecule has 94 heavy (non-hydrogen) atoms. The van der Waals surface area contributed by atoms with Crippen LogP contribution in [0.5, 0.6) is 0 Å². The molecule has 0 aromatic carbocycles. The fourth-order valence-electron chi connectivity index (χ4n) is 12.2. The second-order valence-corrected chi connectivity index (χ2v) is 29.6. The minimum absolute atomic E-state index is 0.0778. The lowest BCUT2D eigenvalue weighted by Gasteiger charge is -2.40. The molecular formula is C68H123N11O15. The standard InChI is InChI=1S/C68H123N11O15/c1-37(2)31-48-63(87)76(21)51(34-40(7)8)59(83)69-45(16)68(92)94-58(43(13)14)67(91)77(22)52(35-41(9)10)61(85)71-49(32-38(3)4)64(88)78(23)55(42(11)12)66(90)79(24)56(57(82)44(15)25-28-73(18)47-26-29-93-30-27-47)62(86)72-54(46(17)80)65(89)74(19)36-53(81)75(20)50(33-39(5)6)60(84)70-48/h37-52,54-58,80,82H,25-36H2,1-24H3,(H,69,83)(H,70,84)(H,71,85)(H,72,86)/t44-,45-,46-,48-,49-,50+,51-,52-,54-,55-,56-,57-,58+/m1/s1. The number of likely N-dealkylation sites (N-methyl/N-ethyl adjacent to an activating group) is 6. The minimum atomic E-state index is -1.76. The number of hydrogen-bond donors (Lipinski definition) is 6. The number of ether oxygens (including phenoxy) is 2. The SMILES string of the molecule is CC(C)C[C@@H]1C(=O)N[C@H](CC(C)C)C(=O)N(C)[C@H](C(C)C)C(=O)N(C)[C@H]([C@H](O)[C@H](C)CCN(C)C2CCOCC2)C(=O)N[C@H]([C@@H](C)O)C(=O)N(C)CC(=O)N(C)[C@@H](CC(C)C)C(=O)N[C@H](CC(C)C)C(=O)N(C)[C@H](CC(C)C)C(=O)N[C@H](C)C(=O)O[C@@H](C(C)C)C(=O)N1C. The Morgan fingerprint density at radius 2 is 0.904 bits per heavy atom. The Bertz CT molecular complexity index is 2520. The van der Waals surface area contributed by atoms with Crippen LogP contribution in [0.1, 0.15) is 169 Å². The van der Waals surface area contributed by atoms with Crippen LogP contribution in [0.3, 0.4) is 0 Å². The lowest BCUT2D eigenvalue weighted by molar-refractivity contribution is -0.166. The molecule has 26 nitrogen and oxygen atoms in total. The number of rotatable bonds is 19. The average Bonchev–Trinajstić information content (AvgIpc) is 0.812. The first-order valence-corrected chi connectivity index (χ1v) is 34.1. The summed E-state index contributed by atoms with van der Waals surface area (Å²) in [6, 6.07) is -12.1. The zero-order valence-electron chi connectivity index (χ0n) is 61.4. The number of nitrogens with one attached hydrogen (secondary N) is 4. The molecule has 540 valence electrons. The van der Waals surface area contributed by atoms with E-state index in [4.69, 9.17) is 9.47 Å². The Labute approximate surface area is 561 Å². The van der Waals surface area contributed by atoms with Crippen LogP contribution in [0.25, 0.3) is 0 Å². The third-order valence-electron chi connectivity index (χ3n) is 18.1. The van der Waals surface area contributed by atoms with Crippen LogP contribution < -0.4 is 21.3 Å². The summed E-state index contributed by atoms with van der Waals surface area (Å²) in [7, 11) is 10.2. The molecule has 0 aromatic heterocycles. The molecule has 0 aliphatic carbocycles. The number of carbonyl (C=O) groups excluding carboxylic acids is 11. The zero-order valence-corrected chi connectivity index (χ0v) is 61.4. The van der Waals surface area contributed by atoms with E-state index in [-0.39, 0.29) is 67.7 Å². The van der Waals surface area contributed by atoms with Gasteiger partial charge in [0, 0.05) is 61.5 Å². The average molecular weight is 1330 g/mol. The van der Waals surface area contributed by atoms with Crippen molar-refractivity contribution < 1.29 is 72.4 Å². The van der Waals surface area contributed by atoms with Crippen LogP contribution in [-0.2, 0) is 62.2 Å². The lowest BCUT2D eigenvalue weighted by atomic mass is 9.91. The summed E-state index contributed by atoms with van der Waals surface area (Å²) in [6.45, 7) is 30.5. The normalized spacial score (nSPS) is 26.9. The van der Waals surface area contributed by atoms with Crippen LogP contribution in [0.4, 0.5) is 0 Å². The number of cyclic esters (lactones) is 1. The van der Waals surface area contributed by atoms with Crippen LogP contribution in [0.2, 0.25) is 0 Å². The van der Waals surface area contributed by atoms with E-state index in [1.165, 1.54) is 70.8 Å². The number of carbonyl (C=O) groups is 11. The molecule has 13 atom stereocenters. The van der Waals surface area contributed by atoms with Crippen LogP contribution in [0, 0.1) is 47.3 Å². The fraction of sp³-hybridized carbons (Fsp3) is 0.838. The quantitative estimate of drug-likeness (QED) is 0.101. The largest absolute Gasteiger partial charge is 0.450 e. The van der Waals surface area contributed by atoms with Crippen LogP contribution in [-0.4, -0.2) is 264 Å². The van der Waals surface area contributed by atoms with Gasteiger partial charge in [-0.15, -0.1) is 0 Å². The summed E-state index contributed by atoms with van der Waals surface area (Å²) in [5.74, 6) is -11.6. The van der Waals surface area contributed by atoms with E-state index in [1.54, 1.807) is 34.6 Å². The van der Waals surface area contributed by atoms with Gasteiger partial charge >= 0.3 is 5.97 Å². The molecular weight excluding hydrogens is 1210 g/mol. The highest BCUT2D eigenvalue weighted by atomic mass is 16.6. The van der Waals surface area contributed by atoms with Gasteiger partial charge in [0.15, 0.2) is 6.10 Å². The van der Waals surface area contributed by atoms with E-state index in [9.17, 15) is 48.6 Å². The van der Waals surface area contributed by atoms with E-state index in [0.29, 0.717) is 26.2 Å². The highest BCUT2D eigenvalue weighted by Crippen LogP contribution is 2.26. The van der Waals surface area contributed by atoms with Gasteiger partial charge in [-0.2, -0.15) is 0 Å². The molecule has 0 bridgehead atoms. The van der Waals surface area contributed by atoms with E-state index >= 15 is 14.4 Å². The van der Waals surface area contributed by atoms with Crippen molar-refractivity contribution >= 4 is 65.0 Å². The van der Waals surface area contributed by atoms with Gasteiger partial charge in [-0.05, 0) is 126 Å². The first-order valence-electron chi connectivity index (χ1n) is 34.1. The van der Waals surface area contributed by atoms with Crippen molar-refractivity contribution in [1.29, 1.82) is 0 Å². The second kappa shape index (κ2) is 38.7. The Morgan fingerprint density at radius 3 is 1.33 bits per heavy atom. The molecule has 0 unspecified atom stereocenters. The van der Waals surface area contributed by atoms with Gasteiger partial charge < -0.3 is 75.3 Å². The molecule has 2 fully saturated rings. The summed E-state index contributed by atoms with van der Waals surface area (Å²) in [6.07, 6.45) is -2.23. The van der Waals surface area contributed by atoms with Gasteiger partial charge in [-0.3, -0.25) is 47.9 Å². The smallest absolute Gasteiger partial charge is 0.329 e. The summed E-state index contributed by atoms with van der Waals surface area (Å²) in [4.78, 5) is 171. The highest BCUT2D eigenvalue weighted by Gasteiger charge is 2.46. The Kier molecular flexibility index (Phi) is 34.6. The van der Waals surface area contributed by atoms with E-state index < -0.39 is 162 Å². The third-order valence-corrected chi connectivity index (χ3v) is 18.1. The van der Waals surface area contributed by atoms with E-state index in [2.05, 4.69) is 26.2 Å². The Balaban J connectivity index is 3.03. The molecule has 6 N–H and O–H groups in total. The van der Waals surface area contributed by atoms with Gasteiger partial charge in [0.2, 0.25) is 53.2 Å². The van der Waals surface area contributed by atoms with Gasteiger partial charge in [0.05, 0.1) is 18.8 Å². The first-order chi connectivity index (χ1) is 43.5. The van der Waals surface area contributed by atoms with Crippen molar-refractivity contribution in [3.05, 3.63) is 0 Å². The molecule has 2 aliphatic rings. The molecule has 0 aromatic rings. The Hall–Kier alpha value is -5.99. The molecule has 2 saturated heterocycles. The molecule has 0 radical (unpaired) electrons. The molecule has 2 heterocycles. The Morgan fingerprint density at radius 1 is 0.489 bits per heavy atom. The maximum Gasteiger partial charge on any atom is 0.329 e. The van der Waals surface area contributed by atoms with Gasteiger partial charge in [0.1, 0.15) is 54.4 Å². The number of nitrogens with zero attached hydrogens (tertiary/aromatic N) is 7.